The Kier molecular flexibility index (Phi) is 7.71. The Morgan fingerprint density at radius 3 is 2.59 bits per heavy atom. The average molecular weight is 420 g/mol. The smallest absolute Gasteiger partial charge is 0.305 e. The normalized spacial score (nSPS) is 15.6. The van der Waals surface area contributed by atoms with Crippen LogP contribution in [0, 0.1) is 0 Å². The van der Waals surface area contributed by atoms with Crippen LogP contribution in [0.25, 0.3) is 0 Å². The van der Waals surface area contributed by atoms with Crippen LogP contribution in [-0.4, -0.2) is 36.9 Å². The summed E-state index contributed by atoms with van der Waals surface area (Å²) in [6, 6.07) is 10.6. The van der Waals surface area contributed by atoms with Gasteiger partial charge < -0.3 is 23.9 Å². The highest BCUT2D eigenvalue weighted by molar-refractivity contribution is 7.80. The molecule has 1 aromatic carbocycles. The summed E-state index contributed by atoms with van der Waals surface area (Å²) in [5.74, 6) is 1.72. The first kappa shape index (κ1) is 20.9. The lowest BCUT2D eigenvalue weighted by Crippen LogP contribution is -2.48. The van der Waals surface area contributed by atoms with Crippen LogP contribution >= 0.6 is 12.2 Å². The molecule has 1 aromatic heterocycles. The molecule has 0 saturated carbocycles. The highest BCUT2D eigenvalue weighted by Gasteiger charge is 2.16. The lowest BCUT2D eigenvalue weighted by molar-refractivity contribution is 0.0911. The van der Waals surface area contributed by atoms with Crippen LogP contribution in [-0.2, 0) is 11.3 Å². The van der Waals surface area contributed by atoms with E-state index in [1.165, 1.54) is 0 Å². The molecule has 1 fully saturated rings. The maximum atomic E-state index is 12.2. The van der Waals surface area contributed by atoms with Crippen molar-refractivity contribution in [1.82, 2.24) is 16.2 Å². The van der Waals surface area contributed by atoms with Gasteiger partial charge in [-0.2, -0.15) is 0 Å². The summed E-state index contributed by atoms with van der Waals surface area (Å²) in [7, 11) is 0. The van der Waals surface area contributed by atoms with E-state index in [0.29, 0.717) is 29.8 Å². The predicted octanol–water partition coefficient (Wildman–Crippen LogP) is 2.55. The maximum Gasteiger partial charge on any atom is 0.305 e. The van der Waals surface area contributed by atoms with Crippen LogP contribution in [0.3, 0.4) is 0 Å². The van der Waals surface area contributed by atoms with Gasteiger partial charge in [0.1, 0.15) is 23.9 Å². The quantitative estimate of drug-likeness (QED) is 0.444. The van der Waals surface area contributed by atoms with E-state index in [1.807, 2.05) is 31.2 Å². The van der Waals surface area contributed by atoms with Crippen molar-refractivity contribution in [3.8, 4) is 11.5 Å². The Balaban J connectivity index is 1.39. The third kappa shape index (κ3) is 6.65. The standard InChI is InChI=1S/C20H25N3O5S/c1-2-25-14-5-7-15(8-6-14)27-13-17-9-10-18(28-17)19(24)22-23-20(29)21-12-16-4-3-11-26-16/h5-10,16H,2-4,11-13H2,1H3,(H,22,24)(H2,21,23,29)/t16-/m1/s1. The number of amides is 1. The summed E-state index contributed by atoms with van der Waals surface area (Å²) >= 11 is 5.13. The molecule has 3 rings (SSSR count). The molecule has 2 heterocycles. The van der Waals surface area contributed by atoms with Crippen LogP contribution in [0.15, 0.2) is 40.8 Å². The maximum absolute atomic E-state index is 12.2. The van der Waals surface area contributed by atoms with Gasteiger partial charge in [0.05, 0.1) is 12.7 Å². The summed E-state index contributed by atoms with van der Waals surface area (Å²) in [5, 5.41) is 3.33. The van der Waals surface area contributed by atoms with Crippen molar-refractivity contribution >= 4 is 23.2 Å². The molecular weight excluding hydrogens is 394 g/mol. The molecule has 9 heteroatoms. The van der Waals surface area contributed by atoms with Crippen molar-refractivity contribution in [3.05, 3.63) is 47.9 Å². The van der Waals surface area contributed by atoms with Gasteiger partial charge in [0.25, 0.3) is 0 Å². The zero-order valence-electron chi connectivity index (χ0n) is 16.2. The number of benzene rings is 1. The van der Waals surface area contributed by atoms with Crippen molar-refractivity contribution < 1.29 is 23.4 Å². The van der Waals surface area contributed by atoms with E-state index in [-0.39, 0.29) is 18.5 Å². The summed E-state index contributed by atoms with van der Waals surface area (Å²) in [4.78, 5) is 12.2. The highest BCUT2D eigenvalue weighted by atomic mass is 32.1. The van der Waals surface area contributed by atoms with Crippen LogP contribution in [0.2, 0.25) is 0 Å². The first-order valence-corrected chi connectivity index (χ1v) is 9.95. The van der Waals surface area contributed by atoms with Gasteiger partial charge in [0.15, 0.2) is 10.9 Å². The number of furan rings is 1. The van der Waals surface area contributed by atoms with E-state index in [0.717, 1.165) is 25.2 Å². The molecule has 1 aliphatic rings. The second-order valence-corrected chi connectivity index (χ2v) is 6.79. The minimum Gasteiger partial charge on any atom is -0.494 e. The molecule has 0 bridgehead atoms. The molecule has 0 radical (unpaired) electrons. The minimum absolute atomic E-state index is 0.157. The summed E-state index contributed by atoms with van der Waals surface area (Å²) < 4.78 is 22.1. The number of hydrazine groups is 1. The Labute approximate surface area is 174 Å². The van der Waals surface area contributed by atoms with Crippen molar-refractivity contribution in [1.29, 1.82) is 0 Å². The predicted molar refractivity (Wildman–Crippen MR) is 111 cm³/mol. The van der Waals surface area contributed by atoms with Gasteiger partial charge in [-0.15, -0.1) is 0 Å². The Hall–Kier alpha value is -2.78. The second-order valence-electron chi connectivity index (χ2n) is 6.38. The number of nitrogens with one attached hydrogen (secondary N) is 3. The lowest BCUT2D eigenvalue weighted by Gasteiger charge is -2.14. The monoisotopic (exact) mass is 419 g/mol. The average Bonchev–Trinajstić information content (AvgIpc) is 3.42. The molecule has 2 aromatic rings. The molecule has 0 unspecified atom stereocenters. The zero-order chi connectivity index (χ0) is 20.5. The van der Waals surface area contributed by atoms with Crippen molar-refractivity contribution in [2.24, 2.45) is 0 Å². The van der Waals surface area contributed by atoms with Gasteiger partial charge >= 0.3 is 5.91 Å². The largest absolute Gasteiger partial charge is 0.494 e. The summed E-state index contributed by atoms with van der Waals surface area (Å²) in [6.07, 6.45) is 2.23. The van der Waals surface area contributed by atoms with E-state index < -0.39 is 5.91 Å². The number of carbonyl (C=O) groups excluding carboxylic acids is 1. The number of carbonyl (C=O) groups is 1. The van der Waals surface area contributed by atoms with Crippen molar-refractivity contribution in [2.75, 3.05) is 19.8 Å². The van der Waals surface area contributed by atoms with Crippen molar-refractivity contribution in [3.63, 3.8) is 0 Å². The van der Waals surface area contributed by atoms with E-state index in [9.17, 15) is 4.79 Å². The minimum atomic E-state index is -0.432. The van der Waals surface area contributed by atoms with Crippen LogP contribution in [0.4, 0.5) is 0 Å². The van der Waals surface area contributed by atoms with Gasteiger partial charge in [-0.3, -0.25) is 15.6 Å². The van der Waals surface area contributed by atoms with E-state index in [4.69, 9.17) is 30.8 Å². The van der Waals surface area contributed by atoms with E-state index in [1.54, 1.807) is 12.1 Å². The molecular formula is C20H25N3O5S. The van der Waals surface area contributed by atoms with Gasteiger partial charge in [-0.05, 0) is 68.4 Å². The fourth-order valence-corrected chi connectivity index (χ4v) is 2.90. The Morgan fingerprint density at radius 2 is 1.90 bits per heavy atom. The molecule has 1 amide bonds. The molecule has 1 atom stereocenters. The fraction of sp³-hybridized carbons (Fsp3) is 0.400. The molecule has 0 aliphatic carbocycles. The fourth-order valence-electron chi connectivity index (χ4n) is 2.76. The second kappa shape index (κ2) is 10.7. The van der Waals surface area contributed by atoms with Crippen LogP contribution < -0.4 is 25.6 Å². The zero-order valence-corrected chi connectivity index (χ0v) is 17.1. The third-order valence-corrected chi connectivity index (χ3v) is 4.45. The van der Waals surface area contributed by atoms with Gasteiger partial charge in [0, 0.05) is 13.2 Å². The Morgan fingerprint density at radius 1 is 1.14 bits per heavy atom. The molecule has 156 valence electrons. The van der Waals surface area contributed by atoms with Gasteiger partial charge in [0.2, 0.25) is 0 Å². The van der Waals surface area contributed by atoms with Crippen LogP contribution in [0.5, 0.6) is 11.5 Å². The lowest BCUT2D eigenvalue weighted by atomic mass is 10.2. The van der Waals surface area contributed by atoms with Crippen LogP contribution in [0.1, 0.15) is 36.1 Å². The summed E-state index contributed by atoms with van der Waals surface area (Å²) in [5.41, 5.74) is 5.15. The molecule has 8 nitrogen and oxygen atoms in total. The van der Waals surface area contributed by atoms with Gasteiger partial charge in [-0.25, -0.2) is 0 Å². The van der Waals surface area contributed by atoms with E-state index >= 15 is 0 Å². The first-order valence-electron chi connectivity index (χ1n) is 9.54. The third-order valence-electron chi connectivity index (χ3n) is 4.21. The molecule has 0 spiro atoms. The van der Waals surface area contributed by atoms with Gasteiger partial charge in [-0.1, -0.05) is 0 Å². The first-order chi connectivity index (χ1) is 14.1. The van der Waals surface area contributed by atoms with Crippen molar-refractivity contribution in [2.45, 2.75) is 32.5 Å². The molecule has 1 aliphatic heterocycles. The number of thiocarbonyl (C=S) groups is 1. The Bertz CT molecular complexity index is 803. The number of hydrogen-bond donors (Lipinski definition) is 3. The number of rotatable bonds is 8. The highest BCUT2D eigenvalue weighted by Crippen LogP contribution is 2.19. The number of ether oxygens (including phenoxy) is 3. The topological polar surface area (TPSA) is 94.0 Å². The molecule has 29 heavy (non-hydrogen) atoms. The number of hydrogen-bond acceptors (Lipinski definition) is 6. The summed E-state index contributed by atoms with van der Waals surface area (Å²) in [6.45, 7) is 4.14. The molecule has 3 N–H and O–H groups in total. The SMILES string of the molecule is CCOc1ccc(OCc2ccc(C(=O)NNC(=S)NC[C@H]3CCCO3)o2)cc1. The molecule has 1 saturated heterocycles. The van der Waals surface area contributed by atoms with E-state index in [2.05, 4.69) is 16.2 Å².